The molecular weight excluding hydrogens is 321 g/mol. The van der Waals surface area contributed by atoms with Crippen LogP contribution in [0.3, 0.4) is 0 Å². The molecule has 0 radical (unpaired) electrons. The Morgan fingerprint density at radius 3 is 2.80 bits per heavy atom. The van der Waals surface area contributed by atoms with E-state index in [-0.39, 0.29) is 17.8 Å². The summed E-state index contributed by atoms with van der Waals surface area (Å²) in [5, 5.41) is 5.81. The predicted octanol–water partition coefficient (Wildman–Crippen LogP) is 3.52. The number of hydrogen-bond donors (Lipinski definition) is 0. The number of hydrogen-bond acceptors (Lipinski definition) is 4. The molecule has 136 valence electrons. The third-order valence-corrected chi connectivity index (χ3v) is 5.35. The molecular formula is C19H26FN3O2. The molecule has 1 aromatic heterocycles. The normalized spacial score (nSPS) is 21.9. The monoisotopic (exact) mass is 347 g/mol. The number of ether oxygens (including phenoxy) is 2. The third kappa shape index (κ3) is 3.37. The number of aromatic nitrogens is 2. The van der Waals surface area contributed by atoms with Crippen LogP contribution >= 0.6 is 0 Å². The van der Waals surface area contributed by atoms with Gasteiger partial charge in [-0.05, 0) is 51.3 Å². The molecule has 2 saturated heterocycles. The molecule has 4 rings (SSSR count). The van der Waals surface area contributed by atoms with Gasteiger partial charge in [0.1, 0.15) is 0 Å². The van der Waals surface area contributed by atoms with E-state index in [2.05, 4.69) is 4.90 Å². The van der Waals surface area contributed by atoms with Gasteiger partial charge in [-0.15, -0.1) is 0 Å². The fraction of sp³-hybridized carbons (Fsp3) is 0.632. The van der Waals surface area contributed by atoms with Crippen molar-refractivity contribution in [2.75, 3.05) is 33.4 Å². The molecule has 0 amide bonds. The highest BCUT2D eigenvalue weighted by atomic mass is 19.1. The topological polar surface area (TPSA) is 39.5 Å². The lowest BCUT2D eigenvalue weighted by Gasteiger charge is -2.23. The Balaban J connectivity index is 1.69. The van der Waals surface area contributed by atoms with E-state index in [4.69, 9.17) is 14.6 Å². The molecule has 0 aliphatic carbocycles. The second-order valence-electron chi connectivity index (χ2n) is 7.02. The summed E-state index contributed by atoms with van der Waals surface area (Å²) in [4.78, 5) is 2.47. The lowest BCUT2D eigenvalue weighted by Crippen LogP contribution is -2.22. The van der Waals surface area contributed by atoms with Gasteiger partial charge >= 0.3 is 0 Å². The van der Waals surface area contributed by atoms with Crippen molar-refractivity contribution < 1.29 is 13.9 Å². The first-order valence-electron chi connectivity index (χ1n) is 9.35. The van der Waals surface area contributed by atoms with Gasteiger partial charge in [-0.2, -0.15) is 5.10 Å². The van der Waals surface area contributed by atoms with Crippen LogP contribution in [0.15, 0.2) is 12.1 Å². The maximum Gasteiger partial charge on any atom is 0.167 e. The van der Waals surface area contributed by atoms with Crippen molar-refractivity contribution in [3.05, 3.63) is 23.6 Å². The van der Waals surface area contributed by atoms with Crippen molar-refractivity contribution >= 4 is 10.9 Å². The second-order valence-corrected chi connectivity index (χ2v) is 7.02. The first-order valence-corrected chi connectivity index (χ1v) is 9.35. The van der Waals surface area contributed by atoms with Crippen molar-refractivity contribution in [1.29, 1.82) is 0 Å². The summed E-state index contributed by atoms with van der Waals surface area (Å²) in [7, 11) is 1.50. The molecule has 0 N–H and O–H groups in total. The van der Waals surface area contributed by atoms with Gasteiger partial charge in [0.15, 0.2) is 17.8 Å². The highest BCUT2D eigenvalue weighted by molar-refractivity contribution is 5.84. The van der Waals surface area contributed by atoms with Crippen LogP contribution in [0.2, 0.25) is 0 Å². The number of nitrogens with zero attached hydrogens (tertiary/aromatic N) is 3. The zero-order valence-corrected chi connectivity index (χ0v) is 14.8. The molecule has 25 heavy (non-hydrogen) atoms. The Labute approximate surface area is 147 Å². The third-order valence-electron chi connectivity index (χ3n) is 5.35. The van der Waals surface area contributed by atoms with Gasteiger partial charge in [0.2, 0.25) is 0 Å². The molecule has 0 bridgehead atoms. The van der Waals surface area contributed by atoms with E-state index < -0.39 is 0 Å². The summed E-state index contributed by atoms with van der Waals surface area (Å²) < 4.78 is 27.3. The Hall–Kier alpha value is -1.66. The SMILES string of the molecule is COc1cc2c(CCN3CCCC3)nn(C3CCCCO3)c2cc1F. The summed E-state index contributed by atoms with van der Waals surface area (Å²) in [5.41, 5.74) is 1.82. The Kier molecular flexibility index (Phi) is 4.90. The quantitative estimate of drug-likeness (QED) is 0.830. The van der Waals surface area contributed by atoms with Gasteiger partial charge < -0.3 is 14.4 Å². The minimum Gasteiger partial charge on any atom is -0.494 e. The van der Waals surface area contributed by atoms with Gasteiger partial charge in [-0.3, -0.25) is 0 Å². The second kappa shape index (κ2) is 7.30. The lowest BCUT2D eigenvalue weighted by molar-refractivity contribution is -0.0369. The molecule has 3 heterocycles. The summed E-state index contributed by atoms with van der Waals surface area (Å²) in [6, 6.07) is 3.33. The van der Waals surface area contributed by atoms with E-state index in [1.165, 1.54) is 33.0 Å². The molecule has 1 atom stereocenters. The lowest BCUT2D eigenvalue weighted by atomic mass is 10.1. The van der Waals surface area contributed by atoms with Crippen LogP contribution in [-0.2, 0) is 11.2 Å². The van der Waals surface area contributed by atoms with E-state index in [1.54, 1.807) is 12.1 Å². The minimum absolute atomic E-state index is 0.0930. The molecule has 5 nitrogen and oxygen atoms in total. The molecule has 2 aliphatic heterocycles. The molecule has 0 saturated carbocycles. The average Bonchev–Trinajstić information content (AvgIpc) is 3.27. The van der Waals surface area contributed by atoms with Crippen LogP contribution in [0, 0.1) is 5.82 Å². The standard InChI is InChI=1S/C19H26FN3O2/c1-24-18-12-14-16(7-10-22-8-3-4-9-22)21-23(17(14)13-15(18)20)19-6-2-5-11-25-19/h12-13,19H,2-11H2,1H3. The van der Waals surface area contributed by atoms with E-state index in [0.717, 1.165) is 55.4 Å². The minimum atomic E-state index is -0.349. The number of methoxy groups -OCH3 is 1. The van der Waals surface area contributed by atoms with E-state index in [9.17, 15) is 4.39 Å². The molecule has 2 aliphatic rings. The van der Waals surface area contributed by atoms with Crippen molar-refractivity contribution in [2.24, 2.45) is 0 Å². The van der Waals surface area contributed by atoms with Crippen LogP contribution in [-0.4, -0.2) is 48.0 Å². The highest BCUT2D eigenvalue weighted by Gasteiger charge is 2.23. The van der Waals surface area contributed by atoms with Gasteiger partial charge in [-0.1, -0.05) is 0 Å². The maximum absolute atomic E-state index is 14.3. The molecule has 6 heteroatoms. The van der Waals surface area contributed by atoms with Crippen LogP contribution in [0.1, 0.15) is 44.0 Å². The van der Waals surface area contributed by atoms with E-state index in [1.807, 2.05) is 4.68 Å². The molecule has 2 aromatic rings. The van der Waals surface area contributed by atoms with Crippen molar-refractivity contribution in [1.82, 2.24) is 14.7 Å². The van der Waals surface area contributed by atoms with Crippen LogP contribution < -0.4 is 4.74 Å². The fourth-order valence-corrected chi connectivity index (χ4v) is 3.95. The number of benzene rings is 1. The molecule has 1 unspecified atom stereocenters. The van der Waals surface area contributed by atoms with Gasteiger partial charge in [0.25, 0.3) is 0 Å². The zero-order chi connectivity index (χ0) is 17.2. The van der Waals surface area contributed by atoms with Crippen molar-refractivity contribution in [3.63, 3.8) is 0 Å². The zero-order valence-electron chi connectivity index (χ0n) is 14.8. The number of likely N-dealkylation sites (tertiary alicyclic amines) is 1. The van der Waals surface area contributed by atoms with E-state index in [0.29, 0.717) is 0 Å². The maximum atomic E-state index is 14.3. The average molecular weight is 347 g/mol. The summed E-state index contributed by atoms with van der Waals surface area (Å²) >= 11 is 0. The number of rotatable bonds is 5. The summed E-state index contributed by atoms with van der Waals surface area (Å²) in [6.45, 7) is 4.08. The Morgan fingerprint density at radius 1 is 1.24 bits per heavy atom. The molecule has 2 fully saturated rings. The van der Waals surface area contributed by atoms with Crippen LogP contribution in [0.5, 0.6) is 5.75 Å². The number of halogens is 1. The fourth-order valence-electron chi connectivity index (χ4n) is 3.95. The molecule has 1 aromatic carbocycles. The number of fused-ring (bicyclic) bond motifs is 1. The van der Waals surface area contributed by atoms with Crippen molar-refractivity contribution in [3.8, 4) is 5.75 Å². The Morgan fingerprint density at radius 2 is 2.08 bits per heavy atom. The van der Waals surface area contributed by atoms with Gasteiger partial charge in [0.05, 0.1) is 18.3 Å². The summed E-state index contributed by atoms with van der Waals surface area (Å²) in [6.07, 6.45) is 6.47. The smallest absolute Gasteiger partial charge is 0.167 e. The van der Waals surface area contributed by atoms with Crippen molar-refractivity contribution in [2.45, 2.75) is 44.8 Å². The first-order chi connectivity index (χ1) is 12.3. The Bertz CT molecular complexity index is 734. The molecule has 0 spiro atoms. The van der Waals surface area contributed by atoms with Gasteiger partial charge in [-0.25, -0.2) is 9.07 Å². The highest BCUT2D eigenvalue weighted by Crippen LogP contribution is 2.32. The van der Waals surface area contributed by atoms with Crippen LogP contribution in [0.25, 0.3) is 10.9 Å². The predicted molar refractivity (Wildman–Crippen MR) is 94.5 cm³/mol. The largest absolute Gasteiger partial charge is 0.494 e. The van der Waals surface area contributed by atoms with Gasteiger partial charge in [0, 0.05) is 31.0 Å². The summed E-state index contributed by atoms with van der Waals surface area (Å²) in [5.74, 6) is -0.0721. The first kappa shape index (κ1) is 16.8. The van der Waals surface area contributed by atoms with E-state index >= 15 is 0 Å². The van der Waals surface area contributed by atoms with Crippen LogP contribution in [0.4, 0.5) is 4.39 Å².